The first-order valence-electron chi connectivity index (χ1n) is 6.75. The Kier molecular flexibility index (Phi) is 3.48. The highest BCUT2D eigenvalue weighted by Crippen LogP contribution is 2.47. The Morgan fingerprint density at radius 3 is 2.35 bits per heavy atom. The number of ketones is 1. The van der Waals surface area contributed by atoms with Crippen LogP contribution in [0.4, 0.5) is 0 Å². The average molecular weight is 330 g/mol. The number of rotatable bonds is 4. The van der Waals surface area contributed by atoms with Crippen molar-refractivity contribution in [3.8, 4) is 0 Å². The summed E-state index contributed by atoms with van der Waals surface area (Å²) in [7, 11) is 0. The molecule has 0 unspecified atom stereocenters. The van der Waals surface area contributed by atoms with E-state index in [-0.39, 0.29) is 11.2 Å². The predicted molar refractivity (Wildman–Crippen MR) is 84.0 cm³/mol. The second kappa shape index (κ2) is 5.15. The lowest BCUT2D eigenvalue weighted by molar-refractivity contribution is 0.103. The van der Waals surface area contributed by atoms with E-state index in [9.17, 15) is 4.79 Å². The molecule has 2 nitrogen and oxygen atoms in total. The van der Waals surface area contributed by atoms with E-state index >= 15 is 0 Å². The monoisotopic (exact) mass is 329 g/mol. The minimum absolute atomic E-state index is 0.0513. The van der Waals surface area contributed by atoms with Crippen molar-refractivity contribution in [2.45, 2.75) is 18.3 Å². The molecule has 0 amide bonds. The van der Waals surface area contributed by atoms with Gasteiger partial charge in [0.05, 0.1) is 0 Å². The quantitative estimate of drug-likeness (QED) is 0.869. The summed E-state index contributed by atoms with van der Waals surface area (Å²) in [6.07, 6.45) is 2.31. The van der Waals surface area contributed by atoms with Crippen LogP contribution in [-0.2, 0) is 5.41 Å². The van der Waals surface area contributed by atoms with E-state index < -0.39 is 0 Å². The maximum atomic E-state index is 12.4. The van der Waals surface area contributed by atoms with Crippen molar-refractivity contribution >= 4 is 21.7 Å². The van der Waals surface area contributed by atoms with Crippen LogP contribution in [0.25, 0.3) is 0 Å². The Morgan fingerprint density at radius 2 is 1.80 bits per heavy atom. The third kappa shape index (κ3) is 2.43. The molecule has 2 aromatic rings. The van der Waals surface area contributed by atoms with Gasteiger partial charge in [-0.05, 0) is 30.5 Å². The van der Waals surface area contributed by atoms with Crippen molar-refractivity contribution in [3.63, 3.8) is 0 Å². The van der Waals surface area contributed by atoms with Crippen LogP contribution in [0.1, 0.15) is 34.3 Å². The number of hydrogen-bond donors (Lipinski definition) is 1. The lowest BCUT2D eigenvalue weighted by atomic mass is 9.93. The van der Waals surface area contributed by atoms with E-state index in [4.69, 9.17) is 5.73 Å². The van der Waals surface area contributed by atoms with Gasteiger partial charge in [0.1, 0.15) is 0 Å². The molecule has 2 N–H and O–H groups in total. The van der Waals surface area contributed by atoms with Gasteiger partial charge >= 0.3 is 0 Å². The highest BCUT2D eigenvalue weighted by molar-refractivity contribution is 9.10. The van der Waals surface area contributed by atoms with Gasteiger partial charge in [-0.15, -0.1) is 0 Å². The summed E-state index contributed by atoms with van der Waals surface area (Å²) in [6.45, 7) is 0.686. The van der Waals surface area contributed by atoms with Gasteiger partial charge in [-0.25, -0.2) is 0 Å². The smallest absolute Gasteiger partial charge is 0.193 e. The first-order valence-corrected chi connectivity index (χ1v) is 7.55. The Bertz CT molecular complexity index is 644. The Hall–Kier alpha value is -1.45. The van der Waals surface area contributed by atoms with Gasteiger partial charge < -0.3 is 5.73 Å². The Morgan fingerprint density at radius 1 is 1.10 bits per heavy atom. The lowest BCUT2D eigenvalue weighted by Gasteiger charge is -2.13. The Balaban J connectivity index is 1.86. The molecule has 0 heterocycles. The summed E-state index contributed by atoms with van der Waals surface area (Å²) in [4.78, 5) is 12.4. The molecular weight excluding hydrogens is 314 g/mol. The minimum Gasteiger partial charge on any atom is -0.330 e. The van der Waals surface area contributed by atoms with Crippen molar-refractivity contribution < 1.29 is 4.79 Å². The zero-order valence-corrected chi connectivity index (χ0v) is 12.7. The van der Waals surface area contributed by atoms with Gasteiger partial charge in [-0.2, -0.15) is 0 Å². The van der Waals surface area contributed by atoms with Gasteiger partial charge in [-0.3, -0.25) is 4.79 Å². The van der Waals surface area contributed by atoms with Gasteiger partial charge in [-0.1, -0.05) is 52.3 Å². The molecule has 3 rings (SSSR count). The van der Waals surface area contributed by atoms with Gasteiger partial charge in [0.15, 0.2) is 5.78 Å². The second-order valence-corrected chi connectivity index (χ2v) is 6.32. The largest absolute Gasteiger partial charge is 0.330 e. The molecule has 1 aliphatic rings. The van der Waals surface area contributed by atoms with Gasteiger partial charge in [0, 0.05) is 27.6 Å². The summed E-state index contributed by atoms with van der Waals surface area (Å²) in [6, 6.07) is 15.4. The summed E-state index contributed by atoms with van der Waals surface area (Å²) < 4.78 is 0.917. The molecule has 0 spiro atoms. The zero-order valence-electron chi connectivity index (χ0n) is 11.1. The second-order valence-electron chi connectivity index (χ2n) is 5.40. The van der Waals surface area contributed by atoms with Crippen molar-refractivity contribution in [1.29, 1.82) is 0 Å². The standard InChI is InChI=1S/C17H16BrNO/c18-15-3-1-2-13(10-15)16(20)12-4-6-14(7-5-12)17(11-19)8-9-17/h1-7,10H,8-9,11,19H2. The molecule has 0 bridgehead atoms. The first-order chi connectivity index (χ1) is 9.64. The van der Waals surface area contributed by atoms with Crippen LogP contribution in [0.5, 0.6) is 0 Å². The maximum Gasteiger partial charge on any atom is 0.193 e. The van der Waals surface area contributed by atoms with Crippen molar-refractivity contribution in [2.75, 3.05) is 6.54 Å². The number of carbonyl (C=O) groups is 1. The normalized spacial score (nSPS) is 15.9. The fraction of sp³-hybridized carbons (Fsp3) is 0.235. The van der Waals surface area contributed by atoms with E-state index in [2.05, 4.69) is 15.9 Å². The Labute approximate surface area is 127 Å². The first kappa shape index (κ1) is 13.5. The van der Waals surface area contributed by atoms with Crippen LogP contribution >= 0.6 is 15.9 Å². The van der Waals surface area contributed by atoms with Crippen LogP contribution < -0.4 is 5.73 Å². The topological polar surface area (TPSA) is 43.1 Å². The molecule has 102 valence electrons. The van der Waals surface area contributed by atoms with Gasteiger partial charge in [0.2, 0.25) is 0 Å². The SMILES string of the molecule is NCC1(c2ccc(C(=O)c3cccc(Br)c3)cc2)CC1. The van der Waals surface area contributed by atoms with Crippen LogP contribution in [-0.4, -0.2) is 12.3 Å². The molecule has 0 saturated heterocycles. The van der Waals surface area contributed by atoms with Crippen molar-refractivity contribution in [2.24, 2.45) is 5.73 Å². The summed E-state index contributed by atoms with van der Waals surface area (Å²) in [5.74, 6) is 0.0513. The third-order valence-corrected chi connectivity index (χ3v) is 4.58. The van der Waals surface area contributed by atoms with E-state index in [1.807, 2.05) is 48.5 Å². The average Bonchev–Trinajstić information content (AvgIpc) is 3.28. The molecule has 0 atom stereocenters. The molecule has 0 aliphatic heterocycles. The van der Waals surface area contributed by atoms with E-state index in [1.165, 1.54) is 5.56 Å². The molecule has 0 aromatic heterocycles. The molecular formula is C17H16BrNO. The fourth-order valence-electron chi connectivity index (χ4n) is 2.53. The molecule has 1 saturated carbocycles. The van der Waals surface area contributed by atoms with Crippen molar-refractivity contribution in [3.05, 3.63) is 69.7 Å². The summed E-state index contributed by atoms with van der Waals surface area (Å²) >= 11 is 3.39. The molecule has 1 fully saturated rings. The number of nitrogens with two attached hydrogens (primary N) is 1. The molecule has 2 aromatic carbocycles. The summed E-state index contributed by atoms with van der Waals surface area (Å²) in [5, 5.41) is 0. The fourth-order valence-corrected chi connectivity index (χ4v) is 2.93. The number of hydrogen-bond acceptors (Lipinski definition) is 2. The maximum absolute atomic E-state index is 12.4. The third-order valence-electron chi connectivity index (χ3n) is 4.09. The lowest BCUT2D eigenvalue weighted by Crippen LogP contribution is -2.19. The zero-order chi connectivity index (χ0) is 14.2. The molecule has 0 radical (unpaired) electrons. The number of benzene rings is 2. The van der Waals surface area contributed by atoms with Crippen LogP contribution in [0.15, 0.2) is 53.0 Å². The predicted octanol–water partition coefficient (Wildman–Crippen LogP) is 3.67. The van der Waals surface area contributed by atoms with E-state index in [0.29, 0.717) is 12.1 Å². The molecule has 20 heavy (non-hydrogen) atoms. The van der Waals surface area contributed by atoms with Crippen LogP contribution in [0.3, 0.4) is 0 Å². The number of halogens is 1. The highest BCUT2D eigenvalue weighted by Gasteiger charge is 2.42. The molecule has 3 heteroatoms. The van der Waals surface area contributed by atoms with Gasteiger partial charge in [0.25, 0.3) is 0 Å². The minimum atomic E-state index is 0.0513. The van der Waals surface area contributed by atoms with Crippen LogP contribution in [0, 0.1) is 0 Å². The summed E-state index contributed by atoms with van der Waals surface area (Å²) in [5.41, 5.74) is 8.69. The van der Waals surface area contributed by atoms with Crippen LogP contribution in [0.2, 0.25) is 0 Å². The number of carbonyl (C=O) groups excluding carboxylic acids is 1. The van der Waals surface area contributed by atoms with E-state index in [0.717, 1.165) is 22.9 Å². The van der Waals surface area contributed by atoms with Crippen molar-refractivity contribution in [1.82, 2.24) is 0 Å². The molecule has 1 aliphatic carbocycles. The highest BCUT2D eigenvalue weighted by atomic mass is 79.9. The van der Waals surface area contributed by atoms with E-state index in [1.54, 1.807) is 0 Å².